The van der Waals surface area contributed by atoms with E-state index in [4.69, 9.17) is 18.9 Å². The minimum Gasteiger partial charge on any atom is -0.460 e. The van der Waals surface area contributed by atoms with Gasteiger partial charge in [-0.3, -0.25) is 4.79 Å². The van der Waals surface area contributed by atoms with Crippen LogP contribution < -0.4 is 0 Å². The zero-order valence-corrected chi connectivity index (χ0v) is 15.1. The third kappa shape index (κ3) is 7.16. The number of methoxy groups -OCH3 is 2. The topological polar surface area (TPSA) is 88.1 Å². The summed E-state index contributed by atoms with van der Waals surface area (Å²) in [6.45, 7) is 4.25. The fourth-order valence-corrected chi connectivity index (χ4v) is 2.06. The SMILES string of the molecule is C=CCOC(=O)c1cc(C(=O)CCCOC)cc(C(=O)OCCOC)c1. The van der Waals surface area contributed by atoms with Crippen LogP contribution in [0.4, 0.5) is 0 Å². The van der Waals surface area contributed by atoms with Gasteiger partial charge in [0.05, 0.1) is 17.7 Å². The normalized spacial score (nSPS) is 10.2. The van der Waals surface area contributed by atoms with Gasteiger partial charge in [0.1, 0.15) is 13.2 Å². The van der Waals surface area contributed by atoms with Gasteiger partial charge < -0.3 is 18.9 Å². The molecule has 0 fully saturated rings. The number of Topliss-reactive ketones (excluding diaryl/α,β-unsaturated/α-hetero) is 1. The predicted octanol–water partition coefficient (Wildman–Crippen LogP) is 2.44. The van der Waals surface area contributed by atoms with Gasteiger partial charge in [0.25, 0.3) is 0 Å². The molecule has 7 nitrogen and oxygen atoms in total. The van der Waals surface area contributed by atoms with E-state index in [2.05, 4.69) is 6.58 Å². The standard InChI is InChI=1S/C19H24O7/c1-4-7-25-18(21)15-11-14(17(20)6-5-8-23-2)12-16(13-15)19(22)26-10-9-24-3/h4,11-13H,1,5-10H2,2-3H3. The quantitative estimate of drug-likeness (QED) is 0.244. The van der Waals surface area contributed by atoms with E-state index in [0.29, 0.717) is 13.0 Å². The van der Waals surface area contributed by atoms with E-state index in [1.807, 2.05) is 0 Å². The molecule has 0 aliphatic heterocycles. The first kappa shape index (κ1) is 21.5. The Morgan fingerprint density at radius 3 is 2.04 bits per heavy atom. The van der Waals surface area contributed by atoms with Gasteiger partial charge in [0.15, 0.2) is 5.78 Å². The van der Waals surface area contributed by atoms with E-state index in [9.17, 15) is 14.4 Å². The Bertz CT molecular complexity index is 597. The Hall–Kier alpha value is -2.51. The van der Waals surface area contributed by atoms with Crippen molar-refractivity contribution >= 4 is 17.7 Å². The highest BCUT2D eigenvalue weighted by Gasteiger charge is 2.18. The summed E-state index contributed by atoms with van der Waals surface area (Å²) in [5, 5.41) is 0. The lowest BCUT2D eigenvalue weighted by Crippen LogP contribution is -2.14. The molecule has 7 heteroatoms. The van der Waals surface area contributed by atoms with Crippen LogP contribution in [0.15, 0.2) is 30.9 Å². The smallest absolute Gasteiger partial charge is 0.338 e. The van der Waals surface area contributed by atoms with Crippen LogP contribution in [0.1, 0.15) is 43.9 Å². The van der Waals surface area contributed by atoms with E-state index in [1.54, 1.807) is 7.11 Å². The summed E-state index contributed by atoms with van der Waals surface area (Å²) in [4.78, 5) is 36.6. The molecule has 1 aromatic carbocycles. The van der Waals surface area contributed by atoms with Crippen molar-refractivity contribution in [2.24, 2.45) is 0 Å². The van der Waals surface area contributed by atoms with Crippen molar-refractivity contribution in [3.05, 3.63) is 47.5 Å². The summed E-state index contributed by atoms with van der Waals surface area (Å²) in [6.07, 6.45) is 2.20. The Morgan fingerprint density at radius 2 is 1.46 bits per heavy atom. The van der Waals surface area contributed by atoms with Crippen LogP contribution in [0, 0.1) is 0 Å². The maximum absolute atomic E-state index is 12.3. The number of rotatable bonds is 12. The first-order valence-corrected chi connectivity index (χ1v) is 8.14. The molecule has 0 saturated heterocycles. The second-order valence-corrected chi connectivity index (χ2v) is 5.33. The van der Waals surface area contributed by atoms with Crippen LogP contribution in [-0.2, 0) is 18.9 Å². The number of hydrogen-bond donors (Lipinski definition) is 0. The highest BCUT2D eigenvalue weighted by molar-refractivity contribution is 6.02. The fourth-order valence-electron chi connectivity index (χ4n) is 2.06. The van der Waals surface area contributed by atoms with Gasteiger partial charge in [0.2, 0.25) is 0 Å². The molecule has 0 saturated carbocycles. The maximum Gasteiger partial charge on any atom is 0.338 e. The molecule has 0 radical (unpaired) electrons. The van der Waals surface area contributed by atoms with Crippen molar-refractivity contribution in [3.63, 3.8) is 0 Å². The molecular weight excluding hydrogens is 340 g/mol. The summed E-state index contributed by atoms with van der Waals surface area (Å²) in [5.41, 5.74) is 0.445. The third-order valence-corrected chi connectivity index (χ3v) is 3.33. The fraction of sp³-hybridized carbons (Fsp3) is 0.421. The van der Waals surface area contributed by atoms with E-state index in [1.165, 1.54) is 31.4 Å². The Kier molecular flexibility index (Phi) is 9.89. The number of carbonyl (C=O) groups excluding carboxylic acids is 3. The number of ketones is 1. The van der Waals surface area contributed by atoms with Crippen LogP contribution in [0.2, 0.25) is 0 Å². The molecule has 0 atom stereocenters. The van der Waals surface area contributed by atoms with E-state index in [-0.39, 0.29) is 48.7 Å². The van der Waals surface area contributed by atoms with Gasteiger partial charge in [-0.1, -0.05) is 12.7 Å². The molecule has 0 amide bonds. The van der Waals surface area contributed by atoms with E-state index >= 15 is 0 Å². The lowest BCUT2D eigenvalue weighted by Gasteiger charge is -2.09. The first-order chi connectivity index (χ1) is 12.5. The number of hydrogen-bond acceptors (Lipinski definition) is 7. The van der Waals surface area contributed by atoms with Crippen LogP contribution in [0.25, 0.3) is 0 Å². The monoisotopic (exact) mass is 364 g/mol. The number of carbonyl (C=O) groups is 3. The van der Waals surface area contributed by atoms with Gasteiger partial charge in [-0.05, 0) is 24.6 Å². The van der Waals surface area contributed by atoms with Gasteiger partial charge >= 0.3 is 11.9 Å². The maximum atomic E-state index is 12.3. The van der Waals surface area contributed by atoms with Gasteiger partial charge in [-0.15, -0.1) is 0 Å². The molecule has 0 aliphatic carbocycles. The van der Waals surface area contributed by atoms with Crippen molar-refractivity contribution in [2.75, 3.05) is 40.6 Å². The van der Waals surface area contributed by atoms with E-state index in [0.717, 1.165) is 0 Å². The van der Waals surface area contributed by atoms with Crippen LogP contribution in [0.3, 0.4) is 0 Å². The summed E-state index contributed by atoms with van der Waals surface area (Å²) in [5.74, 6) is -1.50. The van der Waals surface area contributed by atoms with Gasteiger partial charge in [0, 0.05) is 32.8 Å². The molecule has 1 aromatic rings. The number of benzene rings is 1. The van der Waals surface area contributed by atoms with Gasteiger partial charge in [-0.25, -0.2) is 9.59 Å². The van der Waals surface area contributed by atoms with Crippen LogP contribution >= 0.6 is 0 Å². The molecule has 0 N–H and O–H groups in total. The van der Waals surface area contributed by atoms with Crippen molar-refractivity contribution in [3.8, 4) is 0 Å². The van der Waals surface area contributed by atoms with Gasteiger partial charge in [-0.2, -0.15) is 0 Å². The molecular formula is C19H24O7. The molecule has 0 spiro atoms. The summed E-state index contributed by atoms with van der Waals surface area (Å²) in [7, 11) is 3.04. The minimum absolute atomic E-state index is 0.0263. The van der Waals surface area contributed by atoms with E-state index < -0.39 is 11.9 Å². The number of esters is 2. The molecule has 0 heterocycles. The minimum atomic E-state index is -0.651. The third-order valence-electron chi connectivity index (χ3n) is 3.33. The lowest BCUT2D eigenvalue weighted by atomic mass is 10.0. The molecule has 26 heavy (non-hydrogen) atoms. The number of ether oxygens (including phenoxy) is 4. The molecule has 142 valence electrons. The van der Waals surface area contributed by atoms with Crippen molar-refractivity contribution in [2.45, 2.75) is 12.8 Å². The molecule has 0 aliphatic rings. The van der Waals surface area contributed by atoms with Crippen LogP contribution in [-0.4, -0.2) is 58.4 Å². The van der Waals surface area contributed by atoms with Crippen molar-refractivity contribution in [1.82, 2.24) is 0 Å². The Balaban J connectivity index is 3.05. The Labute approximate surface area is 152 Å². The zero-order chi connectivity index (χ0) is 19.4. The summed E-state index contributed by atoms with van der Waals surface area (Å²) >= 11 is 0. The largest absolute Gasteiger partial charge is 0.460 e. The molecule has 0 bridgehead atoms. The summed E-state index contributed by atoms with van der Waals surface area (Å²) in [6, 6.07) is 4.16. The van der Waals surface area contributed by atoms with Crippen LogP contribution in [0.5, 0.6) is 0 Å². The highest BCUT2D eigenvalue weighted by Crippen LogP contribution is 2.16. The average Bonchev–Trinajstić information content (AvgIpc) is 2.65. The zero-order valence-electron chi connectivity index (χ0n) is 15.1. The predicted molar refractivity (Wildman–Crippen MR) is 94.5 cm³/mol. The second kappa shape index (κ2) is 11.9. The molecule has 1 rings (SSSR count). The molecule has 0 unspecified atom stereocenters. The Morgan fingerprint density at radius 1 is 0.885 bits per heavy atom. The first-order valence-electron chi connectivity index (χ1n) is 8.14. The van der Waals surface area contributed by atoms with Crippen molar-refractivity contribution < 1.29 is 33.3 Å². The molecule has 0 aromatic heterocycles. The highest BCUT2D eigenvalue weighted by atomic mass is 16.6. The average molecular weight is 364 g/mol. The van der Waals surface area contributed by atoms with Crippen molar-refractivity contribution in [1.29, 1.82) is 0 Å². The summed E-state index contributed by atoms with van der Waals surface area (Å²) < 4.78 is 19.8. The lowest BCUT2D eigenvalue weighted by molar-refractivity contribution is 0.0388. The second-order valence-electron chi connectivity index (χ2n) is 5.33.